The molecule has 2 aliphatic rings. The van der Waals surface area contributed by atoms with E-state index in [1.807, 2.05) is 17.8 Å². The van der Waals surface area contributed by atoms with Crippen molar-refractivity contribution in [1.29, 1.82) is 0 Å². The second kappa shape index (κ2) is 9.05. The van der Waals surface area contributed by atoms with Crippen molar-refractivity contribution in [1.82, 2.24) is 15.1 Å². The van der Waals surface area contributed by atoms with E-state index in [0.29, 0.717) is 19.1 Å². The maximum absolute atomic E-state index is 5.82. The molecule has 2 aromatic rings. The molecule has 0 saturated carbocycles. The number of aromatic nitrogens is 2. The van der Waals surface area contributed by atoms with E-state index in [1.165, 1.54) is 22.6 Å². The van der Waals surface area contributed by atoms with Crippen LogP contribution < -0.4 is 19.7 Å². The zero-order chi connectivity index (χ0) is 20.2. The van der Waals surface area contributed by atoms with Crippen molar-refractivity contribution < 1.29 is 14.2 Å². The molecule has 1 aromatic carbocycles. The van der Waals surface area contributed by atoms with Crippen LogP contribution in [0.2, 0.25) is 0 Å². The molecule has 0 spiro atoms. The van der Waals surface area contributed by atoms with Gasteiger partial charge in [-0.3, -0.25) is 4.68 Å². The Balaban J connectivity index is 1.48. The number of nitrogens with one attached hydrogen (secondary N) is 1. The van der Waals surface area contributed by atoms with E-state index in [1.54, 1.807) is 0 Å². The summed E-state index contributed by atoms with van der Waals surface area (Å²) in [6.45, 7) is 10.7. The summed E-state index contributed by atoms with van der Waals surface area (Å²) in [5, 5.41) is 8.46. The van der Waals surface area contributed by atoms with E-state index in [9.17, 15) is 0 Å². The van der Waals surface area contributed by atoms with Crippen LogP contribution in [0.15, 0.2) is 18.2 Å². The SMILES string of the molecule is CC(C)c1nn(C)c(N2CCOCC2)c1CNCc1ccc2c(c1)OCCCO2. The predicted octanol–water partition coefficient (Wildman–Crippen LogP) is 2.83. The van der Waals surface area contributed by atoms with Crippen molar-refractivity contribution in [3.05, 3.63) is 35.0 Å². The van der Waals surface area contributed by atoms with Gasteiger partial charge >= 0.3 is 0 Å². The molecule has 0 radical (unpaired) electrons. The molecule has 1 N–H and O–H groups in total. The highest BCUT2D eigenvalue weighted by Gasteiger charge is 2.24. The Morgan fingerprint density at radius 2 is 1.79 bits per heavy atom. The Kier molecular flexibility index (Phi) is 6.25. The molecule has 158 valence electrons. The van der Waals surface area contributed by atoms with Gasteiger partial charge in [0.1, 0.15) is 5.82 Å². The van der Waals surface area contributed by atoms with Crippen molar-refractivity contribution >= 4 is 5.82 Å². The van der Waals surface area contributed by atoms with Crippen molar-refractivity contribution in [3.8, 4) is 11.5 Å². The molecular weight excluding hydrogens is 368 g/mol. The molecule has 7 heteroatoms. The lowest BCUT2D eigenvalue weighted by Gasteiger charge is -2.29. The van der Waals surface area contributed by atoms with Gasteiger partial charge in [0.05, 0.1) is 32.1 Å². The lowest BCUT2D eigenvalue weighted by atomic mass is 10.0. The Morgan fingerprint density at radius 1 is 1.03 bits per heavy atom. The number of aryl methyl sites for hydroxylation is 1. The van der Waals surface area contributed by atoms with Crippen LogP contribution >= 0.6 is 0 Å². The van der Waals surface area contributed by atoms with Gasteiger partial charge in [0, 0.05) is 45.2 Å². The number of rotatable bonds is 6. The smallest absolute Gasteiger partial charge is 0.161 e. The zero-order valence-electron chi connectivity index (χ0n) is 17.7. The molecule has 7 nitrogen and oxygen atoms in total. The molecule has 2 aliphatic heterocycles. The first-order valence-corrected chi connectivity index (χ1v) is 10.6. The molecule has 1 fully saturated rings. The molecular formula is C22H32N4O3. The number of benzene rings is 1. The Labute approximate surface area is 172 Å². The first-order valence-electron chi connectivity index (χ1n) is 10.6. The number of hydrogen-bond acceptors (Lipinski definition) is 6. The molecule has 4 rings (SSSR count). The summed E-state index contributed by atoms with van der Waals surface area (Å²) < 4.78 is 19.1. The van der Waals surface area contributed by atoms with E-state index in [4.69, 9.17) is 19.3 Å². The average Bonchev–Trinajstić information content (AvgIpc) is 2.89. The summed E-state index contributed by atoms with van der Waals surface area (Å²) in [5.41, 5.74) is 3.65. The highest BCUT2D eigenvalue weighted by atomic mass is 16.5. The van der Waals surface area contributed by atoms with Gasteiger partial charge in [-0.05, 0) is 23.6 Å². The van der Waals surface area contributed by atoms with Crippen LogP contribution in [0.5, 0.6) is 11.5 Å². The van der Waals surface area contributed by atoms with Crippen LogP contribution in [0, 0.1) is 0 Å². The largest absolute Gasteiger partial charge is 0.490 e. The minimum atomic E-state index is 0.380. The fourth-order valence-electron chi connectivity index (χ4n) is 4.03. The van der Waals surface area contributed by atoms with Gasteiger partial charge in [-0.25, -0.2) is 0 Å². The van der Waals surface area contributed by atoms with Gasteiger partial charge in [0.15, 0.2) is 11.5 Å². The Morgan fingerprint density at radius 3 is 2.55 bits per heavy atom. The van der Waals surface area contributed by atoms with E-state index < -0.39 is 0 Å². The molecule has 0 atom stereocenters. The van der Waals surface area contributed by atoms with Crippen molar-refractivity contribution in [2.24, 2.45) is 7.05 Å². The highest BCUT2D eigenvalue weighted by molar-refractivity contribution is 5.51. The Hall–Kier alpha value is -2.25. The highest BCUT2D eigenvalue weighted by Crippen LogP contribution is 2.31. The van der Waals surface area contributed by atoms with E-state index >= 15 is 0 Å². The van der Waals surface area contributed by atoms with Crippen LogP contribution in [0.25, 0.3) is 0 Å². The summed E-state index contributed by atoms with van der Waals surface area (Å²) in [4.78, 5) is 2.40. The third-order valence-electron chi connectivity index (χ3n) is 5.44. The third kappa shape index (κ3) is 4.51. The molecule has 29 heavy (non-hydrogen) atoms. The van der Waals surface area contributed by atoms with Gasteiger partial charge < -0.3 is 24.4 Å². The molecule has 1 saturated heterocycles. The van der Waals surface area contributed by atoms with Crippen LogP contribution in [0.1, 0.15) is 43.0 Å². The number of morpholine rings is 1. The van der Waals surface area contributed by atoms with Crippen LogP contribution in [-0.2, 0) is 24.9 Å². The van der Waals surface area contributed by atoms with Gasteiger partial charge in [0.25, 0.3) is 0 Å². The summed E-state index contributed by atoms with van der Waals surface area (Å²) in [7, 11) is 2.05. The lowest BCUT2D eigenvalue weighted by Crippen LogP contribution is -2.38. The van der Waals surface area contributed by atoms with Crippen LogP contribution in [0.4, 0.5) is 5.82 Å². The topological polar surface area (TPSA) is 60.8 Å². The quantitative estimate of drug-likeness (QED) is 0.805. The normalized spacial score (nSPS) is 16.9. The average molecular weight is 401 g/mol. The standard InChI is InChI=1S/C22H32N4O3/c1-16(2)21-18(22(25(3)24-21)26-7-11-27-12-8-26)15-23-14-17-5-6-19-20(13-17)29-10-4-9-28-19/h5-6,13,16,23H,4,7-12,14-15H2,1-3H3. The predicted molar refractivity (Wildman–Crippen MR) is 113 cm³/mol. The second-order valence-corrected chi connectivity index (χ2v) is 8.00. The second-order valence-electron chi connectivity index (χ2n) is 8.00. The first-order chi connectivity index (χ1) is 14.1. The van der Waals surface area contributed by atoms with Gasteiger partial charge in [-0.15, -0.1) is 0 Å². The van der Waals surface area contributed by atoms with Crippen molar-refractivity contribution in [2.45, 2.75) is 39.3 Å². The fraction of sp³-hybridized carbons (Fsp3) is 0.591. The van der Waals surface area contributed by atoms with Gasteiger partial charge in [-0.2, -0.15) is 5.10 Å². The summed E-state index contributed by atoms with van der Waals surface area (Å²) in [6, 6.07) is 6.21. The van der Waals surface area contributed by atoms with Crippen LogP contribution in [-0.4, -0.2) is 49.3 Å². The van der Waals surface area contributed by atoms with Gasteiger partial charge in [0.2, 0.25) is 0 Å². The molecule has 1 aromatic heterocycles. The van der Waals surface area contributed by atoms with E-state index in [2.05, 4.69) is 36.2 Å². The van der Waals surface area contributed by atoms with E-state index in [0.717, 1.165) is 57.3 Å². The number of fused-ring (bicyclic) bond motifs is 1. The maximum Gasteiger partial charge on any atom is 0.161 e. The number of nitrogens with zero attached hydrogens (tertiary/aromatic N) is 3. The monoisotopic (exact) mass is 400 g/mol. The first kappa shape index (κ1) is 20.0. The summed E-state index contributed by atoms with van der Waals surface area (Å²) in [5.74, 6) is 3.28. The molecule has 0 unspecified atom stereocenters. The lowest BCUT2D eigenvalue weighted by molar-refractivity contribution is 0.122. The zero-order valence-corrected chi connectivity index (χ0v) is 17.7. The van der Waals surface area contributed by atoms with Gasteiger partial charge in [-0.1, -0.05) is 19.9 Å². The Bertz CT molecular complexity index is 828. The van der Waals surface area contributed by atoms with Crippen molar-refractivity contribution in [2.75, 3.05) is 44.4 Å². The molecule has 3 heterocycles. The number of hydrogen-bond donors (Lipinski definition) is 1. The number of anilines is 1. The molecule has 0 amide bonds. The third-order valence-corrected chi connectivity index (χ3v) is 5.44. The number of ether oxygens (including phenoxy) is 3. The summed E-state index contributed by atoms with van der Waals surface area (Å²) in [6.07, 6.45) is 0.922. The summed E-state index contributed by atoms with van der Waals surface area (Å²) >= 11 is 0. The fourth-order valence-corrected chi connectivity index (χ4v) is 4.03. The minimum Gasteiger partial charge on any atom is -0.490 e. The molecule has 0 bridgehead atoms. The van der Waals surface area contributed by atoms with Crippen molar-refractivity contribution in [3.63, 3.8) is 0 Å². The molecule has 0 aliphatic carbocycles. The van der Waals surface area contributed by atoms with E-state index in [-0.39, 0.29) is 0 Å². The van der Waals surface area contributed by atoms with Crippen LogP contribution in [0.3, 0.4) is 0 Å². The maximum atomic E-state index is 5.82. The minimum absolute atomic E-state index is 0.380.